The van der Waals surface area contributed by atoms with Gasteiger partial charge in [-0.25, -0.2) is 0 Å². The first-order valence-corrected chi connectivity index (χ1v) is 7.28. The van der Waals surface area contributed by atoms with E-state index in [1.54, 1.807) is 7.11 Å². The van der Waals surface area contributed by atoms with Gasteiger partial charge in [0.2, 0.25) is 0 Å². The van der Waals surface area contributed by atoms with Gasteiger partial charge >= 0.3 is 0 Å². The van der Waals surface area contributed by atoms with Crippen LogP contribution >= 0.6 is 0 Å². The monoisotopic (exact) mass is 285 g/mol. The average Bonchev–Trinajstić information content (AvgIpc) is 2.55. The molecule has 0 aliphatic carbocycles. The summed E-state index contributed by atoms with van der Waals surface area (Å²) in [5, 5.41) is 13.6. The van der Waals surface area contributed by atoms with Crippen LogP contribution in [-0.2, 0) is 4.74 Å². The number of rotatable bonds is 7. The van der Waals surface area contributed by atoms with E-state index in [0.29, 0.717) is 6.61 Å². The van der Waals surface area contributed by atoms with Gasteiger partial charge in [-0.05, 0) is 23.6 Å². The molecule has 0 spiro atoms. The fraction of sp³-hybridized carbons (Fsp3) is 0.333. The molecule has 0 aromatic heterocycles. The van der Waals surface area contributed by atoms with E-state index in [4.69, 9.17) is 4.74 Å². The molecule has 0 amide bonds. The standard InChI is InChI=1S/C18H23NO2/c1-14(19-12-13-21-2)18(20)17-10-8-16(9-11-17)15-6-4-3-5-7-15/h3-11,14,18-20H,12-13H2,1-2H3. The highest BCUT2D eigenvalue weighted by Gasteiger charge is 2.15. The highest BCUT2D eigenvalue weighted by molar-refractivity contribution is 5.63. The lowest BCUT2D eigenvalue weighted by Crippen LogP contribution is -2.34. The molecule has 2 atom stereocenters. The lowest BCUT2D eigenvalue weighted by Gasteiger charge is -2.20. The normalized spacial score (nSPS) is 13.9. The van der Waals surface area contributed by atoms with Gasteiger partial charge in [0.15, 0.2) is 0 Å². The van der Waals surface area contributed by atoms with Crippen molar-refractivity contribution >= 4 is 0 Å². The molecule has 3 heteroatoms. The average molecular weight is 285 g/mol. The van der Waals surface area contributed by atoms with Gasteiger partial charge in [-0.2, -0.15) is 0 Å². The molecule has 0 aliphatic heterocycles. The molecule has 2 aromatic rings. The molecule has 2 N–H and O–H groups in total. The summed E-state index contributed by atoms with van der Waals surface area (Å²) in [5.74, 6) is 0. The minimum absolute atomic E-state index is 0.0114. The Morgan fingerprint density at radius 1 is 1.00 bits per heavy atom. The zero-order valence-corrected chi connectivity index (χ0v) is 12.6. The maximum absolute atomic E-state index is 10.3. The summed E-state index contributed by atoms with van der Waals surface area (Å²) in [4.78, 5) is 0. The van der Waals surface area contributed by atoms with Crippen LogP contribution in [-0.4, -0.2) is 31.4 Å². The fourth-order valence-electron chi connectivity index (χ4n) is 2.29. The van der Waals surface area contributed by atoms with Gasteiger partial charge in [-0.15, -0.1) is 0 Å². The number of methoxy groups -OCH3 is 1. The summed E-state index contributed by atoms with van der Waals surface area (Å²) >= 11 is 0. The van der Waals surface area contributed by atoms with Crippen LogP contribution in [0.5, 0.6) is 0 Å². The van der Waals surface area contributed by atoms with Crippen LogP contribution in [0.25, 0.3) is 11.1 Å². The third-order valence-electron chi connectivity index (χ3n) is 3.61. The molecule has 21 heavy (non-hydrogen) atoms. The van der Waals surface area contributed by atoms with Crippen molar-refractivity contribution in [2.75, 3.05) is 20.3 Å². The second kappa shape index (κ2) is 7.93. The van der Waals surface area contributed by atoms with E-state index < -0.39 is 6.10 Å². The topological polar surface area (TPSA) is 41.5 Å². The number of aliphatic hydroxyl groups is 1. The van der Waals surface area contributed by atoms with E-state index in [9.17, 15) is 5.11 Å². The van der Waals surface area contributed by atoms with Gasteiger partial charge in [-0.3, -0.25) is 0 Å². The van der Waals surface area contributed by atoms with Crippen LogP contribution < -0.4 is 5.32 Å². The van der Waals surface area contributed by atoms with Crippen molar-refractivity contribution < 1.29 is 9.84 Å². The van der Waals surface area contributed by atoms with Crippen LogP contribution in [0, 0.1) is 0 Å². The van der Waals surface area contributed by atoms with E-state index in [-0.39, 0.29) is 6.04 Å². The second-order valence-corrected chi connectivity index (χ2v) is 5.17. The summed E-state index contributed by atoms with van der Waals surface area (Å²) in [6.45, 7) is 3.35. The van der Waals surface area contributed by atoms with Gasteiger partial charge in [0.25, 0.3) is 0 Å². The number of nitrogens with one attached hydrogen (secondary N) is 1. The maximum atomic E-state index is 10.3. The fourth-order valence-corrected chi connectivity index (χ4v) is 2.29. The number of hydrogen-bond acceptors (Lipinski definition) is 3. The number of hydrogen-bond donors (Lipinski definition) is 2. The van der Waals surface area contributed by atoms with Crippen LogP contribution in [0.15, 0.2) is 54.6 Å². The second-order valence-electron chi connectivity index (χ2n) is 5.17. The summed E-state index contributed by atoms with van der Waals surface area (Å²) in [6.07, 6.45) is -0.522. The summed E-state index contributed by atoms with van der Waals surface area (Å²) in [7, 11) is 1.67. The van der Waals surface area contributed by atoms with Gasteiger partial charge in [0.1, 0.15) is 0 Å². The van der Waals surface area contributed by atoms with Gasteiger partial charge in [-0.1, -0.05) is 54.6 Å². The van der Waals surface area contributed by atoms with Crippen LogP contribution in [0.3, 0.4) is 0 Å². The third kappa shape index (κ3) is 4.39. The molecule has 2 rings (SSSR count). The summed E-state index contributed by atoms with van der Waals surface area (Å²) < 4.78 is 5.00. The highest BCUT2D eigenvalue weighted by atomic mass is 16.5. The molecule has 0 heterocycles. The van der Waals surface area contributed by atoms with Crippen molar-refractivity contribution in [1.29, 1.82) is 0 Å². The largest absolute Gasteiger partial charge is 0.387 e. The summed E-state index contributed by atoms with van der Waals surface area (Å²) in [5.41, 5.74) is 3.27. The summed E-state index contributed by atoms with van der Waals surface area (Å²) in [6, 6.07) is 18.3. The Hall–Kier alpha value is -1.68. The minimum atomic E-state index is -0.522. The number of ether oxygens (including phenoxy) is 1. The maximum Gasteiger partial charge on any atom is 0.0940 e. The smallest absolute Gasteiger partial charge is 0.0940 e. The Bertz CT molecular complexity index is 525. The number of aliphatic hydroxyl groups excluding tert-OH is 1. The van der Waals surface area contributed by atoms with E-state index in [1.807, 2.05) is 37.3 Å². The predicted molar refractivity (Wildman–Crippen MR) is 86.2 cm³/mol. The lowest BCUT2D eigenvalue weighted by atomic mass is 9.99. The van der Waals surface area contributed by atoms with E-state index in [1.165, 1.54) is 5.56 Å². The van der Waals surface area contributed by atoms with Crippen molar-refractivity contribution in [2.45, 2.75) is 19.1 Å². The quantitative estimate of drug-likeness (QED) is 0.768. The zero-order valence-electron chi connectivity index (χ0n) is 12.6. The Balaban J connectivity index is 2.01. The Morgan fingerprint density at radius 2 is 1.62 bits per heavy atom. The Morgan fingerprint density at radius 3 is 2.24 bits per heavy atom. The molecule has 0 saturated heterocycles. The van der Waals surface area contributed by atoms with Crippen LogP contribution in [0.4, 0.5) is 0 Å². The van der Waals surface area contributed by atoms with E-state index in [2.05, 4.69) is 29.6 Å². The van der Waals surface area contributed by atoms with Crippen molar-refractivity contribution in [1.82, 2.24) is 5.32 Å². The minimum Gasteiger partial charge on any atom is -0.387 e. The van der Waals surface area contributed by atoms with Crippen LogP contribution in [0.2, 0.25) is 0 Å². The van der Waals surface area contributed by atoms with Crippen molar-refractivity contribution in [3.05, 3.63) is 60.2 Å². The first-order valence-electron chi connectivity index (χ1n) is 7.28. The zero-order chi connectivity index (χ0) is 15.1. The molecule has 2 aromatic carbocycles. The SMILES string of the molecule is COCCNC(C)C(O)c1ccc(-c2ccccc2)cc1. The lowest BCUT2D eigenvalue weighted by molar-refractivity contribution is 0.127. The first kappa shape index (κ1) is 15.7. The predicted octanol–water partition coefficient (Wildman–Crippen LogP) is 3.01. The molecule has 3 nitrogen and oxygen atoms in total. The van der Waals surface area contributed by atoms with Gasteiger partial charge < -0.3 is 15.2 Å². The van der Waals surface area contributed by atoms with Crippen molar-refractivity contribution in [3.63, 3.8) is 0 Å². The Kier molecular flexibility index (Phi) is 5.93. The molecule has 2 unspecified atom stereocenters. The molecule has 112 valence electrons. The molecular weight excluding hydrogens is 262 g/mol. The number of benzene rings is 2. The van der Waals surface area contributed by atoms with Gasteiger partial charge in [0, 0.05) is 19.7 Å². The highest BCUT2D eigenvalue weighted by Crippen LogP contribution is 2.23. The van der Waals surface area contributed by atoms with E-state index >= 15 is 0 Å². The van der Waals surface area contributed by atoms with Gasteiger partial charge in [0.05, 0.1) is 12.7 Å². The molecule has 0 saturated carbocycles. The van der Waals surface area contributed by atoms with Crippen molar-refractivity contribution in [3.8, 4) is 11.1 Å². The third-order valence-corrected chi connectivity index (χ3v) is 3.61. The van der Waals surface area contributed by atoms with Crippen LogP contribution in [0.1, 0.15) is 18.6 Å². The molecule has 0 bridgehead atoms. The molecular formula is C18H23NO2. The van der Waals surface area contributed by atoms with Crippen molar-refractivity contribution in [2.24, 2.45) is 0 Å². The Labute approximate surface area is 126 Å². The molecule has 0 fully saturated rings. The molecule has 0 aliphatic rings. The molecule has 0 radical (unpaired) electrons. The van der Waals surface area contributed by atoms with E-state index in [0.717, 1.165) is 17.7 Å². The first-order chi connectivity index (χ1) is 10.2.